The first-order chi connectivity index (χ1) is 15.8. The number of nitrogens with one attached hydrogen (secondary N) is 1. The van der Waals surface area contributed by atoms with Crippen molar-refractivity contribution in [1.82, 2.24) is 10.2 Å². The van der Waals surface area contributed by atoms with Crippen LogP contribution in [-0.2, 0) is 17.5 Å². The van der Waals surface area contributed by atoms with Gasteiger partial charge in [0, 0.05) is 13.0 Å². The van der Waals surface area contributed by atoms with Crippen LogP contribution in [0, 0.1) is 0 Å². The van der Waals surface area contributed by atoms with E-state index in [9.17, 15) is 23.1 Å². The summed E-state index contributed by atoms with van der Waals surface area (Å²) in [6.45, 7) is 5.73. The van der Waals surface area contributed by atoms with Crippen molar-refractivity contribution in [3.05, 3.63) is 65.7 Å². The molecule has 4 atom stereocenters. The van der Waals surface area contributed by atoms with Crippen molar-refractivity contribution in [3.63, 3.8) is 0 Å². The number of halogens is 3. The molecule has 6 nitrogen and oxygen atoms in total. The Kier molecular flexibility index (Phi) is 7.77. The van der Waals surface area contributed by atoms with Gasteiger partial charge in [-0.1, -0.05) is 36.4 Å². The van der Waals surface area contributed by atoms with Crippen LogP contribution in [0.25, 0.3) is 0 Å². The van der Waals surface area contributed by atoms with Gasteiger partial charge in [0.05, 0.1) is 17.6 Å². The van der Waals surface area contributed by atoms with Crippen molar-refractivity contribution in [1.29, 1.82) is 0 Å². The van der Waals surface area contributed by atoms with Crippen molar-refractivity contribution >= 4 is 6.09 Å². The molecule has 186 valence electrons. The van der Waals surface area contributed by atoms with E-state index in [4.69, 9.17) is 9.47 Å². The lowest BCUT2D eigenvalue weighted by Gasteiger charge is -2.32. The number of carbonyl (C=O) groups is 1. The van der Waals surface area contributed by atoms with Gasteiger partial charge in [0.2, 0.25) is 0 Å². The summed E-state index contributed by atoms with van der Waals surface area (Å²) >= 11 is 0. The van der Waals surface area contributed by atoms with E-state index in [1.807, 2.05) is 42.3 Å². The van der Waals surface area contributed by atoms with E-state index in [1.165, 1.54) is 12.1 Å². The molecule has 2 N–H and O–H groups in total. The predicted molar refractivity (Wildman–Crippen MR) is 121 cm³/mol. The van der Waals surface area contributed by atoms with Crippen LogP contribution in [0.4, 0.5) is 18.0 Å². The van der Waals surface area contributed by atoms with Gasteiger partial charge in [-0.15, -0.1) is 0 Å². The van der Waals surface area contributed by atoms with E-state index in [-0.39, 0.29) is 12.2 Å². The Morgan fingerprint density at radius 3 is 2.41 bits per heavy atom. The van der Waals surface area contributed by atoms with Crippen LogP contribution in [0.15, 0.2) is 54.6 Å². The summed E-state index contributed by atoms with van der Waals surface area (Å²) in [6.07, 6.45) is -6.84. The Bertz CT molecular complexity index is 963. The number of hydrogen-bond acceptors (Lipinski definition) is 5. The molecule has 0 heterocycles. The minimum atomic E-state index is -4.51. The second-order valence-electron chi connectivity index (χ2n) is 9.55. The standard InChI is InChI=1S/C25H31F3N2O4/c1-24(2,3)34-23(32)29-19-14-20(33-18-12-8-11-17(13-18)25(26,27)28)22(31)21(19)30(4)15-16-9-6-5-7-10-16/h5-13,19-22,31H,14-15H2,1-4H3,(H,29,32)/t19-,20-,21+,22+/m0/s1. The maximum Gasteiger partial charge on any atom is 0.416 e. The summed E-state index contributed by atoms with van der Waals surface area (Å²) in [5.41, 5.74) is -0.533. The number of carbonyl (C=O) groups excluding carboxylic acids is 1. The third-order valence-electron chi connectivity index (χ3n) is 5.56. The van der Waals surface area contributed by atoms with Crippen LogP contribution in [0.5, 0.6) is 5.75 Å². The van der Waals surface area contributed by atoms with E-state index >= 15 is 0 Å². The zero-order chi connectivity index (χ0) is 25.1. The van der Waals surface area contributed by atoms with Crippen molar-refractivity contribution < 1.29 is 32.5 Å². The molecule has 1 fully saturated rings. The molecule has 1 amide bonds. The van der Waals surface area contributed by atoms with Gasteiger partial charge in [0.1, 0.15) is 23.6 Å². The molecule has 3 rings (SSSR count). The summed E-state index contributed by atoms with van der Waals surface area (Å²) in [5, 5.41) is 13.9. The maximum absolute atomic E-state index is 13.1. The SMILES string of the molecule is CN(Cc1ccccc1)[C@H]1[C@H](O)[C@@H](Oc2cccc(C(F)(F)F)c2)C[C@@H]1NC(=O)OC(C)(C)C. The molecule has 0 radical (unpaired) electrons. The minimum absolute atomic E-state index is 0.00116. The van der Waals surface area contributed by atoms with Crippen molar-refractivity contribution in [2.75, 3.05) is 7.05 Å². The van der Waals surface area contributed by atoms with Crippen LogP contribution in [0.1, 0.15) is 38.3 Å². The van der Waals surface area contributed by atoms with E-state index in [2.05, 4.69) is 5.32 Å². The molecule has 0 aromatic heterocycles. The van der Waals surface area contributed by atoms with Gasteiger partial charge in [0.15, 0.2) is 0 Å². The second-order valence-corrected chi connectivity index (χ2v) is 9.55. The number of ether oxygens (including phenoxy) is 2. The fourth-order valence-corrected chi connectivity index (χ4v) is 4.17. The Hall–Kier alpha value is -2.78. The molecule has 1 aliphatic rings. The van der Waals surface area contributed by atoms with Crippen LogP contribution >= 0.6 is 0 Å². The number of alkyl halides is 3. The summed E-state index contributed by atoms with van der Waals surface area (Å²) in [5.74, 6) is 0.00116. The Morgan fingerprint density at radius 2 is 1.79 bits per heavy atom. The van der Waals surface area contributed by atoms with Gasteiger partial charge in [-0.25, -0.2) is 4.79 Å². The summed E-state index contributed by atoms with van der Waals surface area (Å²) in [7, 11) is 1.82. The number of rotatable bonds is 6. The average Bonchev–Trinajstić information content (AvgIpc) is 3.01. The van der Waals surface area contributed by atoms with E-state index in [1.54, 1.807) is 20.8 Å². The third kappa shape index (κ3) is 6.87. The highest BCUT2D eigenvalue weighted by molar-refractivity contribution is 5.68. The molecule has 1 aliphatic carbocycles. The van der Waals surface area contributed by atoms with Gasteiger partial charge in [-0.2, -0.15) is 13.2 Å². The zero-order valence-electron chi connectivity index (χ0n) is 19.7. The third-order valence-corrected chi connectivity index (χ3v) is 5.56. The lowest BCUT2D eigenvalue weighted by atomic mass is 10.1. The quantitative estimate of drug-likeness (QED) is 0.632. The first-order valence-corrected chi connectivity index (χ1v) is 11.1. The van der Waals surface area contributed by atoms with Gasteiger partial charge >= 0.3 is 12.3 Å². The Balaban J connectivity index is 1.80. The molecular formula is C25H31F3N2O4. The number of hydrogen-bond donors (Lipinski definition) is 2. The summed E-state index contributed by atoms with van der Waals surface area (Å²) < 4.78 is 50.5. The summed E-state index contributed by atoms with van der Waals surface area (Å²) in [4.78, 5) is 14.4. The first-order valence-electron chi connectivity index (χ1n) is 11.1. The van der Waals surface area contributed by atoms with Crippen molar-refractivity contribution in [3.8, 4) is 5.75 Å². The number of benzene rings is 2. The Labute approximate surface area is 197 Å². The zero-order valence-corrected chi connectivity index (χ0v) is 19.7. The Morgan fingerprint density at radius 1 is 1.12 bits per heavy atom. The predicted octanol–water partition coefficient (Wildman–Crippen LogP) is 4.61. The minimum Gasteiger partial charge on any atom is -0.488 e. The van der Waals surface area contributed by atoms with E-state index in [0.717, 1.165) is 17.7 Å². The van der Waals surface area contributed by atoms with Crippen LogP contribution < -0.4 is 10.1 Å². The average molecular weight is 481 g/mol. The second kappa shape index (κ2) is 10.2. The lowest BCUT2D eigenvalue weighted by molar-refractivity contribution is -0.137. The molecule has 0 aliphatic heterocycles. The largest absolute Gasteiger partial charge is 0.488 e. The fourth-order valence-electron chi connectivity index (χ4n) is 4.17. The highest BCUT2D eigenvalue weighted by Crippen LogP contribution is 2.34. The molecule has 34 heavy (non-hydrogen) atoms. The van der Waals surface area contributed by atoms with E-state index < -0.39 is 47.7 Å². The molecule has 1 saturated carbocycles. The molecular weight excluding hydrogens is 449 g/mol. The van der Waals surface area contributed by atoms with Crippen molar-refractivity contribution in [2.45, 2.75) is 69.8 Å². The van der Waals surface area contributed by atoms with Crippen molar-refractivity contribution in [2.24, 2.45) is 0 Å². The van der Waals surface area contributed by atoms with E-state index in [0.29, 0.717) is 6.54 Å². The number of amides is 1. The number of aliphatic hydroxyl groups is 1. The highest BCUT2D eigenvalue weighted by Gasteiger charge is 2.47. The number of likely N-dealkylation sites (N-methyl/N-ethyl adjacent to an activating group) is 1. The molecule has 2 aromatic rings. The van der Waals surface area contributed by atoms with Crippen LogP contribution in [0.3, 0.4) is 0 Å². The number of nitrogens with zero attached hydrogens (tertiary/aromatic N) is 1. The molecule has 0 saturated heterocycles. The summed E-state index contributed by atoms with van der Waals surface area (Å²) in [6, 6.07) is 13.1. The molecule has 0 bridgehead atoms. The van der Waals surface area contributed by atoms with Crippen LogP contribution in [0.2, 0.25) is 0 Å². The smallest absolute Gasteiger partial charge is 0.416 e. The first kappa shape index (κ1) is 25.8. The molecule has 2 aromatic carbocycles. The number of alkyl carbamates (subject to hydrolysis) is 1. The topological polar surface area (TPSA) is 71.0 Å². The molecule has 0 unspecified atom stereocenters. The van der Waals surface area contributed by atoms with Gasteiger partial charge in [-0.3, -0.25) is 4.90 Å². The highest BCUT2D eigenvalue weighted by atomic mass is 19.4. The lowest BCUT2D eigenvalue weighted by Crippen LogP contribution is -2.52. The normalized spacial score (nSPS) is 23.1. The van der Waals surface area contributed by atoms with Gasteiger partial charge in [-0.05, 0) is 51.6 Å². The maximum atomic E-state index is 13.1. The number of aliphatic hydroxyl groups excluding tert-OH is 1. The monoisotopic (exact) mass is 480 g/mol. The van der Waals surface area contributed by atoms with Gasteiger partial charge < -0.3 is 19.9 Å². The van der Waals surface area contributed by atoms with Crippen LogP contribution in [-0.4, -0.2) is 53.0 Å². The van der Waals surface area contributed by atoms with Gasteiger partial charge in [0.25, 0.3) is 0 Å². The molecule has 0 spiro atoms. The fraction of sp³-hybridized carbons (Fsp3) is 0.480. The molecule has 9 heteroatoms.